The van der Waals surface area contributed by atoms with Gasteiger partial charge in [-0.25, -0.2) is 19.7 Å². The first-order valence-electron chi connectivity index (χ1n) is 16.3. The van der Waals surface area contributed by atoms with Crippen molar-refractivity contribution in [3.8, 4) is 0 Å². The van der Waals surface area contributed by atoms with Crippen LogP contribution in [-0.4, -0.2) is 72.0 Å². The number of hydrogen-bond donors (Lipinski definition) is 3. The molecule has 0 bridgehead atoms. The van der Waals surface area contributed by atoms with Gasteiger partial charge in [0.25, 0.3) is 0 Å². The maximum atomic E-state index is 14.4. The molecule has 4 N–H and O–H groups in total. The van der Waals surface area contributed by atoms with E-state index in [0.29, 0.717) is 40.9 Å². The van der Waals surface area contributed by atoms with E-state index in [1.54, 1.807) is 10.9 Å². The number of cyclic esters (lactones) is 1. The van der Waals surface area contributed by atoms with E-state index in [4.69, 9.17) is 15.2 Å². The molecule has 0 unspecified atom stereocenters. The molecule has 0 aromatic carbocycles. The van der Waals surface area contributed by atoms with Crippen LogP contribution in [0.2, 0.25) is 0 Å². The summed E-state index contributed by atoms with van der Waals surface area (Å²) in [6.45, 7) is 8.38. The zero-order chi connectivity index (χ0) is 30.9. The van der Waals surface area contributed by atoms with Crippen LogP contribution >= 0.6 is 0 Å². The first-order chi connectivity index (χ1) is 21.0. The van der Waals surface area contributed by atoms with Gasteiger partial charge < -0.3 is 30.0 Å². The molecule has 12 atom stereocenters. The number of nitrogens with zero attached hydrogens (tertiary/aromatic N) is 4. The molecule has 4 saturated carbocycles. The van der Waals surface area contributed by atoms with Gasteiger partial charge in [-0.2, -0.15) is 0 Å². The monoisotopic (exact) mass is 605 g/mol. The zero-order valence-corrected chi connectivity index (χ0v) is 25.9. The van der Waals surface area contributed by atoms with E-state index in [0.717, 1.165) is 37.7 Å². The van der Waals surface area contributed by atoms with Crippen LogP contribution in [0.15, 0.2) is 23.8 Å². The second-order valence-corrected chi connectivity index (χ2v) is 15.1. The summed E-state index contributed by atoms with van der Waals surface area (Å²) in [6, 6.07) is -0.538. The van der Waals surface area contributed by atoms with Crippen LogP contribution in [0.25, 0.3) is 11.2 Å². The van der Waals surface area contributed by atoms with Crippen LogP contribution < -0.4 is 5.73 Å². The summed E-state index contributed by atoms with van der Waals surface area (Å²) >= 11 is 0. The minimum Gasteiger partial charge on any atom is -0.458 e. The number of carbonyl (C=O) groups is 2. The van der Waals surface area contributed by atoms with E-state index in [9.17, 15) is 19.8 Å². The average Bonchev–Trinajstić information content (AvgIpc) is 3.39. The van der Waals surface area contributed by atoms with Crippen LogP contribution in [0.4, 0.5) is 5.82 Å². The van der Waals surface area contributed by atoms with Gasteiger partial charge in [0, 0.05) is 12.8 Å². The maximum absolute atomic E-state index is 14.4. The molecule has 2 aromatic rings. The van der Waals surface area contributed by atoms with E-state index in [1.807, 2.05) is 6.92 Å². The van der Waals surface area contributed by atoms with E-state index in [1.165, 1.54) is 6.33 Å². The summed E-state index contributed by atoms with van der Waals surface area (Å²) < 4.78 is 14.3. The van der Waals surface area contributed by atoms with E-state index in [2.05, 4.69) is 35.7 Å². The molecular weight excluding hydrogens is 562 g/mol. The standard InChI is InChI=1S/C33H43N5O6/c1-15-9-23(43-30(42)18(15)12-39)16(2)19-5-6-20-17-10-25-33(44-25)27(41)22(38-14-37-26-28(34)35-13-36-29(26)38)11-24(40)32(33,4)21(17)7-8-31(19,20)3/h13-14,16-17,19-23,25,27,39,41H,5-12H2,1-4H3,(H2,34,35,36)/t16-,17+,19-,20+,21+,22+,23-,25-,27+,31-,32+,33+/m1/s1. The van der Waals surface area contributed by atoms with Crippen molar-refractivity contribution >= 4 is 28.7 Å². The van der Waals surface area contributed by atoms with E-state index >= 15 is 0 Å². The third-order valence-electron chi connectivity index (χ3n) is 13.7. The van der Waals surface area contributed by atoms with Gasteiger partial charge in [0.2, 0.25) is 0 Å². The molecule has 6 aliphatic rings. The largest absolute Gasteiger partial charge is 0.458 e. The number of nitrogens with two attached hydrogens (primary N) is 1. The van der Waals surface area contributed by atoms with Gasteiger partial charge in [-0.1, -0.05) is 19.4 Å². The number of fused-ring (bicyclic) bond motifs is 5. The summed E-state index contributed by atoms with van der Waals surface area (Å²) in [5.41, 5.74) is 6.73. The van der Waals surface area contributed by atoms with Crippen molar-refractivity contribution in [1.29, 1.82) is 0 Å². The lowest BCUT2D eigenvalue weighted by Crippen LogP contribution is -2.66. The normalized spacial score (nSPS) is 45.3. The molecular formula is C33H43N5O6. The fraction of sp³-hybridized carbons (Fsp3) is 0.727. The van der Waals surface area contributed by atoms with E-state index < -0.39 is 23.2 Å². The van der Waals surface area contributed by atoms with Gasteiger partial charge in [-0.3, -0.25) is 4.79 Å². The number of esters is 1. The topological polar surface area (TPSA) is 166 Å². The quantitative estimate of drug-likeness (QED) is 0.348. The minimum absolute atomic E-state index is 0.0708. The number of aromatic nitrogens is 4. The Kier molecular flexibility index (Phi) is 6.06. The molecule has 2 aliphatic heterocycles. The number of aliphatic hydroxyl groups is 2. The first-order valence-corrected chi connectivity index (χ1v) is 16.3. The molecule has 4 aliphatic carbocycles. The van der Waals surface area contributed by atoms with Crippen molar-refractivity contribution in [2.24, 2.45) is 40.4 Å². The second kappa shape index (κ2) is 9.33. The predicted molar refractivity (Wildman–Crippen MR) is 159 cm³/mol. The van der Waals surface area contributed by atoms with E-state index in [-0.39, 0.29) is 60.1 Å². The number of hydrogen-bond acceptors (Lipinski definition) is 10. The third-order valence-corrected chi connectivity index (χ3v) is 13.7. The van der Waals surface area contributed by atoms with Crippen molar-refractivity contribution in [2.75, 3.05) is 12.3 Å². The molecule has 1 saturated heterocycles. The molecule has 0 amide bonds. The van der Waals surface area contributed by atoms with Crippen molar-refractivity contribution in [2.45, 2.75) is 103 Å². The summed E-state index contributed by atoms with van der Waals surface area (Å²) in [5, 5.41) is 21.7. The molecule has 2 aromatic heterocycles. The Hall–Kier alpha value is -2.89. The van der Waals surface area contributed by atoms with Gasteiger partial charge in [0.05, 0.1) is 36.1 Å². The molecule has 0 radical (unpaired) electrons. The summed E-state index contributed by atoms with van der Waals surface area (Å²) in [5.74, 6) is 1.54. The maximum Gasteiger partial charge on any atom is 0.336 e. The predicted octanol–water partition coefficient (Wildman–Crippen LogP) is 3.15. The fourth-order valence-electron chi connectivity index (χ4n) is 11.4. The highest BCUT2D eigenvalue weighted by molar-refractivity contribution is 5.91. The lowest BCUT2D eigenvalue weighted by Gasteiger charge is -2.59. The molecule has 11 heteroatoms. The Labute approximate surface area is 256 Å². The van der Waals surface area contributed by atoms with Gasteiger partial charge in [0.1, 0.15) is 35.4 Å². The molecule has 11 nitrogen and oxygen atoms in total. The molecule has 4 heterocycles. The van der Waals surface area contributed by atoms with Crippen LogP contribution in [0.1, 0.15) is 78.7 Å². The van der Waals surface area contributed by atoms with Crippen molar-refractivity contribution < 1.29 is 29.3 Å². The average molecular weight is 606 g/mol. The third kappa shape index (κ3) is 3.41. The Balaban J connectivity index is 1.07. The summed E-state index contributed by atoms with van der Waals surface area (Å²) in [6.07, 6.45) is 7.51. The van der Waals surface area contributed by atoms with Gasteiger partial charge in [0.15, 0.2) is 11.5 Å². The highest BCUT2D eigenvalue weighted by atomic mass is 16.6. The number of Topliss-reactive ketones (excluding diaryl/α,β-unsaturated/α-hetero) is 1. The molecule has 5 fully saturated rings. The van der Waals surface area contributed by atoms with Crippen molar-refractivity contribution in [3.05, 3.63) is 23.8 Å². The zero-order valence-electron chi connectivity index (χ0n) is 25.9. The summed E-state index contributed by atoms with van der Waals surface area (Å²) in [7, 11) is 0. The lowest BCUT2D eigenvalue weighted by atomic mass is 9.43. The Bertz CT molecular complexity index is 1610. The highest BCUT2D eigenvalue weighted by Crippen LogP contribution is 2.74. The number of epoxide rings is 1. The number of aliphatic hydroxyl groups excluding tert-OH is 2. The van der Waals surface area contributed by atoms with Crippen molar-refractivity contribution in [3.63, 3.8) is 0 Å². The van der Waals surface area contributed by atoms with Crippen molar-refractivity contribution in [1.82, 2.24) is 19.5 Å². The number of ketones is 1. The number of anilines is 1. The molecule has 1 spiro atoms. The summed E-state index contributed by atoms with van der Waals surface area (Å²) in [4.78, 5) is 39.9. The SMILES string of the molecule is CC1=C(CO)C(=O)O[C@@H]([C@H](C)[C@H]2CC[C@H]3[C@@H]4C[C@H]5O[C@]56[C@@H](O)[C@@H](n5cnc7c(N)ncnc75)CC(=O)[C@]6(C)[C@H]4CC[C@]23C)C1. The number of imidazole rings is 1. The van der Waals surface area contributed by atoms with Gasteiger partial charge in [-0.15, -0.1) is 0 Å². The van der Waals surface area contributed by atoms with Crippen LogP contribution in [-0.2, 0) is 19.1 Å². The van der Waals surface area contributed by atoms with Crippen LogP contribution in [0, 0.1) is 40.4 Å². The first kappa shape index (κ1) is 28.6. The van der Waals surface area contributed by atoms with Gasteiger partial charge >= 0.3 is 5.97 Å². The number of carbonyl (C=O) groups excluding carboxylic acids is 2. The fourth-order valence-corrected chi connectivity index (χ4v) is 11.4. The van der Waals surface area contributed by atoms with Gasteiger partial charge in [-0.05, 0) is 81.0 Å². The highest BCUT2D eigenvalue weighted by Gasteiger charge is 2.82. The number of ether oxygens (including phenoxy) is 2. The Morgan fingerprint density at radius 1 is 1.14 bits per heavy atom. The number of nitrogen functional groups attached to an aromatic ring is 1. The van der Waals surface area contributed by atoms with Crippen LogP contribution in [0.3, 0.4) is 0 Å². The minimum atomic E-state index is -0.910. The molecule has 8 rings (SSSR count). The Morgan fingerprint density at radius 3 is 2.68 bits per heavy atom. The Morgan fingerprint density at radius 2 is 1.93 bits per heavy atom. The molecule has 236 valence electrons. The molecule has 44 heavy (non-hydrogen) atoms. The smallest absolute Gasteiger partial charge is 0.336 e. The second-order valence-electron chi connectivity index (χ2n) is 15.1. The number of rotatable bonds is 4. The van der Waals surface area contributed by atoms with Crippen LogP contribution in [0.5, 0.6) is 0 Å². The lowest BCUT2D eigenvalue weighted by molar-refractivity contribution is -0.171.